The molecule has 114 heavy (non-hydrogen) atoms. The molecule has 0 spiro atoms. The maximum atomic E-state index is 13.5. The fraction of sp³-hybridized carbons (Fsp3) is 0.349. The Kier molecular flexibility index (Phi) is 29.1. The Bertz CT molecular complexity index is 5110. The van der Waals surface area contributed by atoms with E-state index in [4.69, 9.17) is 18.9 Å². The van der Waals surface area contributed by atoms with Crippen molar-refractivity contribution in [2.75, 3.05) is 23.0 Å². The van der Waals surface area contributed by atoms with Crippen LogP contribution in [0.2, 0.25) is 0 Å². The van der Waals surface area contributed by atoms with E-state index >= 15 is 0 Å². The molecule has 0 bridgehead atoms. The van der Waals surface area contributed by atoms with Crippen molar-refractivity contribution in [2.24, 2.45) is 21.7 Å². The van der Waals surface area contributed by atoms with Gasteiger partial charge < -0.3 is 55.4 Å². The molecular weight excluding hydrogens is 1550 g/mol. The largest absolute Gasteiger partial charge is 0.459 e. The molecule has 24 nitrogen and oxygen atoms in total. The van der Waals surface area contributed by atoms with Gasteiger partial charge in [-0.3, -0.25) is 38.4 Å². The standard InChI is InChI=1S/2C23H28O6S.C22H28O6S.C18H26O6S/c1-6-17-12-14-19(15-13-17)30(26,27,28)16-23(5,21(25)29-22(2,3)4)20(24)18-10-8-7-9-11-18;1-6-18-12-14-20(15-13-18)30(26,27,28)16-23(5,17(2)24)21(25)29-22(3,4)19-10-8-7-9-11-19;1-7-16-12-13-19(18-11-9-8-10-17(16)18)29(25,26,27)14-22(6,15(2)23)20(24)28-21(3,4)5;1-7-14-8-10-15(11-9-14)25(21,22,23)12-18(6,13(2)19)16(20)24-17(3,4)5/h2*6-15H,1,16H2,2-5H3,(H2,26,27,28);7-13H,1,14H2,2-6H3,(H2,25,26,27);7-11H,1,12H2,2-6H3,(H2,21,22,23). The van der Waals surface area contributed by atoms with Gasteiger partial charge in [0, 0.05) is 10.9 Å². The Hall–Kier alpha value is -9.40. The lowest BCUT2D eigenvalue weighted by molar-refractivity contribution is -0.171. The summed E-state index contributed by atoms with van der Waals surface area (Å²) >= 11 is 0. The molecule has 0 saturated carbocycles. The SMILES string of the molecule is C=Cc1ccc(S(=O)(O)(O)CC(C)(C(=O)OC(C)(C)C)C(=O)c2ccccc2)cc1.C=Cc1ccc(S(=O)(O)(O)CC(C)(C(C)=O)C(=O)OC(C)(C)C)c2ccccc12.C=Cc1ccc(S(=O)(O)(O)CC(C)(C(C)=O)C(=O)OC(C)(C)C)cc1.C=Cc1ccc(S(=O)(O)(O)CC(C)(C(C)=O)C(=O)OC(C)(C)c2ccccc2)cc1. The summed E-state index contributed by atoms with van der Waals surface area (Å²) in [5.41, 5.74) is -8.36. The number of hydrogen-bond donors (Lipinski definition) is 8. The fourth-order valence-corrected chi connectivity index (χ4v) is 20.4. The van der Waals surface area contributed by atoms with Crippen LogP contribution in [0.1, 0.15) is 163 Å². The van der Waals surface area contributed by atoms with Crippen molar-refractivity contribution in [3.05, 3.63) is 230 Å². The van der Waals surface area contributed by atoms with E-state index in [2.05, 4.69) is 26.3 Å². The van der Waals surface area contributed by atoms with Gasteiger partial charge in [0.1, 0.15) is 99.9 Å². The van der Waals surface area contributed by atoms with Crippen LogP contribution in [-0.2, 0) is 96.6 Å². The van der Waals surface area contributed by atoms with Crippen LogP contribution < -0.4 is 0 Å². The van der Waals surface area contributed by atoms with E-state index < -0.39 is 153 Å². The van der Waals surface area contributed by atoms with Gasteiger partial charge in [0.05, 0.1) is 42.6 Å². The Balaban J connectivity index is 0.000000321. The van der Waals surface area contributed by atoms with Crippen molar-refractivity contribution in [1.29, 1.82) is 0 Å². The lowest BCUT2D eigenvalue weighted by Crippen LogP contribution is -2.52. The lowest BCUT2D eigenvalue weighted by Gasteiger charge is -2.39. The van der Waals surface area contributed by atoms with Gasteiger partial charge in [-0.1, -0.05) is 178 Å². The Morgan fingerprint density at radius 2 is 0.596 bits per heavy atom. The van der Waals surface area contributed by atoms with Gasteiger partial charge in [-0.05, 0) is 200 Å². The molecule has 28 heteroatoms. The number of hydrogen-bond acceptors (Lipinski definition) is 16. The number of fused-ring (bicyclic) bond motifs is 1. The minimum absolute atomic E-state index is 0.163. The van der Waals surface area contributed by atoms with Crippen LogP contribution >= 0.6 is 0 Å². The zero-order valence-corrected chi connectivity index (χ0v) is 71.1. The third-order valence-electron chi connectivity index (χ3n) is 18.2. The third kappa shape index (κ3) is 24.8. The molecule has 0 aromatic heterocycles. The van der Waals surface area contributed by atoms with Crippen molar-refractivity contribution in [1.82, 2.24) is 0 Å². The maximum Gasteiger partial charge on any atom is 0.321 e. The Morgan fingerprint density at radius 3 is 0.895 bits per heavy atom. The van der Waals surface area contributed by atoms with E-state index in [-0.39, 0.29) is 25.1 Å². The third-order valence-corrected chi connectivity index (χ3v) is 27.5. The highest BCUT2D eigenvalue weighted by Gasteiger charge is 2.56. The Labute approximate surface area is 667 Å². The molecule has 0 radical (unpaired) electrons. The minimum atomic E-state index is -5.62. The summed E-state index contributed by atoms with van der Waals surface area (Å²) in [5.74, 6) is -10.7. The highest BCUT2D eigenvalue weighted by Crippen LogP contribution is 2.45. The number of carbonyl (C=O) groups is 8. The molecule has 4 atom stereocenters. The van der Waals surface area contributed by atoms with Gasteiger partial charge in [-0.15, -0.1) is 0 Å². The van der Waals surface area contributed by atoms with Crippen LogP contribution in [0.5, 0.6) is 0 Å². The second kappa shape index (κ2) is 34.2. The molecule has 0 saturated heterocycles. The number of esters is 4. The van der Waals surface area contributed by atoms with E-state index in [0.29, 0.717) is 38.6 Å². The minimum Gasteiger partial charge on any atom is -0.459 e. The first-order valence-electron chi connectivity index (χ1n) is 35.6. The molecule has 622 valence electrons. The number of ketones is 4. The highest BCUT2D eigenvalue weighted by atomic mass is 32.3. The van der Waals surface area contributed by atoms with E-state index in [1.165, 1.54) is 125 Å². The number of Topliss-reactive ketones (excluding diaryl/α,β-unsaturated/α-hetero) is 4. The first-order chi connectivity index (χ1) is 51.5. The molecule has 0 aliphatic carbocycles. The quantitative estimate of drug-likeness (QED) is 0.0103. The van der Waals surface area contributed by atoms with Crippen LogP contribution in [0.15, 0.2) is 216 Å². The predicted molar refractivity (Wildman–Crippen MR) is 448 cm³/mol. The molecule has 7 rings (SSSR count). The first-order valence-corrected chi connectivity index (χ1v) is 43.8. The van der Waals surface area contributed by atoms with Crippen molar-refractivity contribution >= 4 is 121 Å². The van der Waals surface area contributed by atoms with Crippen LogP contribution in [0.3, 0.4) is 0 Å². The average Bonchev–Trinajstić information content (AvgIpc) is 0.740. The van der Waals surface area contributed by atoms with Crippen LogP contribution in [0, 0.1) is 21.7 Å². The summed E-state index contributed by atoms with van der Waals surface area (Å²) in [5, 5.41) is 0.950. The van der Waals surface area contributed by atoms with Gasteiger partial charge in [0.2, 0.25) is 0 Å². The molecule has 0 amide bonds. The number of rotatable bonds is 27. The Morgan fingerprint density at radius 1 is 0.325 bits per heavy atom. The summed E-state index contributed by atoms with van der Waals surface area (Å²) in [6.45, 7) is 40.6. The number of ether oxygens (including phenoxy) is 4. The normalized spacial score (nSPS) is 15.6. The van der Waals surface area contributed by atoms with Gasteiger partial charge in [0.25, 0.3) is 0 Å². The fourth-order valence-electron chi connectivity index (χ4n) is 11.3. The van der Waals surface area contributed by atoms with E-state index in [1.54, 1.807) is 167 Å². The van der Waals surface area contributed by atoms with Crippen molar-refractivity contribution in [3.8, 4) is 0 Å². The van der Waals surface area contributed by atoms with Crippen LogP contribution in [0.4, 0.5) is 0 Å². The number of carbonyl (C=O) groups excluding carboxylic acids is 8. The topological polar surface area (TPSA) is 404 Å². The average molecular weight is 1660 g/mol. The molecule has 7 aromatic carbocycles. The summed E-state index contributed by atoms with van der Waals surface area (Å²) < 4.78 is 160. The summed E-state index contributed by atoms with van der Waals surface area (Å²) in [7, 11) is -22.2. The zero-order chi connectivity index (χ0) is 87.6. The smallest absolute Gasteiger partial charge is 0.321 e. The van der Waals surface area contributed by atoms with Crippen molar-refractivity contribution < 1.29 is 111 Å². The van der Waals surface area contributed by atoms with Crippen molar-refractivity contribution in [2.45, 2.75) is 167 Å². The summed E-state index contributed by atoms with van der Waals surface area (Å²) in [6.07, 6.45) is 6.22. The number of benzene rings is 7. The second-order valence-corrected chi connectivity index (χ2v) is 43.5. The van der Waals surface area contributed by atoms with Crippen LogP contribution in [0.25, 0.3) is 35.1 Å². The lowest BCUT2D eigenvalue weighted by atomic mass is 9.84. The zero-order valence-electron chi connectivity index (χ0n) is 67.9. The summed E-state index contributed by atoms with van der Waals surface area (Å²) in [6, 6.07) is 43.1. The van der Waals surface area contributed by atoms with E-state index in [0.717, 1.165) is 20.8 Å². The summed E-state index contributed by atoms with van der Waals surface area (Å²) in [4.78, 5) is 100. The molecule has 0 heterocycles. The van der Waals surface area contributed by atoms with E-state index in [1.807, 2.05) is 6.07 Å². The molecule has 7 aromatic rings. The highest BCUT2D eigenvalue weighted by molar-refractivity contribution is 8.11. The maximum absolute atomic E-state index is 13.5. The van der Waals surface area contributed by atoms with Gasteiger partial charge >= 0.3 is 23.9 Å². The molecule has 0 aliphatic heterocycles. The monoisotopic (exact) mass is 1650 g/mol. The van der Waals surface area contributed by atoms with Gasteiger partial charge in [-0.25, -0.2) is 16.8 Å². The van der Waals surface area contributed by atoms with Gasteiger partial charge in [0.15, 0.2) is 5.78 Å². The molecule has 0 fully saturated rings. The van der Waals surface area contributed by atoms with Crippen molar-refractivity contribution in [3.63, 3.8) is 0 Å². The molecule has 8 N–H and O–H groups in total. The molecule has 4 unspecified atom stereocenters. The van der Waals surface area contributed by atoms with E-state index in [9.17, 15) is 91.6 Å². The first kappa shape index (κ1) is 97.0. The van der Waals surface area contributed by atoms with Crippen LogP contribution in [-0.4, -0.2) is 140 Å². The predicted octanol–water partition coefficient (Wildman–Crippen LogP) is 17.2. The molecular formula is C86H110O24S4. The van der Waals surface area contributed by atoms with Gasteiger partial charge in [-0.2, -0.15) is 0 Å². The molecule has 0 aliphatic rings. The second-order valence-electron chi connectivity index (χ2n) is 32.3.